The lowest BCUT2D eigenvalue weighted by molar-refractivity contribution is -0.118. The fraction of sp³-hybridized carbons (Fsp3) is 0.0455. The third kappa shape index (κ3) is 5.36. The minimum Gasteiger partial charge on any atom is -0.272 e. The minimum absolute atomic E-state index is 0.135. The second-order valence-electron chi connectivity index (χ2n) is 6.35. The number of hydrogen-bond acceptors (Lipinski definition) is 6. The maximum Gasteiger partial charge on any atom is 0.250 e. The van der Waals surface area contributed by atoms with Crippen LogP contribution < -0.4 is 5.43 Å². The zero-order chi connectivity index (χ0) is 21.5. The van der Waals surface area contributed by atoms with E-state index in [2.05, 4.69) is 25.7 Å². The number of amides is 1. The second kappa shape index (κ2) is 10.0. The zero-order valence-electron chi connectivity index (χ0n) is 16.2. The van der Waals surface area contributed by atoms with Crippen molar-refractivity contribution in [2.75, 3.05) is 5.75 Å². The number of aromatic nitrogens is 4. The van der Waals surface area contributed by atoms with E-state index in [1.807, 2.05) is 53.1 Å². The first kappa shape index (κ1) is 20.8. The summed E-state index contributed by atoms with van der Waals surface area (Å²) >= 11 is 7.30. The fourth-order valence-corrected chi connectivity index (χ4v) is 3.62. The molecule has 4 rings (SSSR count). The van der Waals surface area contributed by atoms with Crippen molar-refractivity contribution in [3.8, 4) is 17.1 Å². The number of para-hydroxylation sites is 1. The number of nitrogens with one attached hydrogen (secondary N) is 1. The van der Waals surface area contributed by atoms with Crippen LogP contribution in [0.1, 0.15) is 5.56 Å². The number of thioether (sulfide) groups is 1. The molecule has 0 fully saturated rings. The number of halogens is 1. The van der Waals surface area contributed by atoms with Gasteiger partial charge in [0.15, 0.2) is 11.0 Å². The van der Waals surface area contributed by atoms with E-state index in [9.17, 15) is 4.79 Å². The summed E-state index contributed by atoms with van der Waals surface area (Å²) < 4.78 is 1.92. The van der Waals surface area contributed by atoms with Crippen LogP contribution in [0.4, 0.5) is 0 Å². The molecule has 0 unspecified atom stereocenters. The highest BCUT2D eigenvalue weighted by Crippen LogP contribution is 2.28. The van der Waals surface area contributed by atoms with Crippen LogP contribution in [0.5, 0.6) is 0 Å². The summed E-state index contributed by atoms with van der Waals surface area (Å²) in [7, 11) is 0. The number of carbonyl (C=O) groups is 1. The molecule has 0 aliphatic rings. The van der Waals surface area contributed by atoms with Gasteiger partial charge in [0.05, 0.1) is 12.0 Å². The molecule has 1 N–H and O–H groups in total. The molecule has 0 spiro atoms. The Morgan fingerprint density at radius 3 is 2.61 bits per heavy atom. The maximum atomic E-state index is 12.2. The van der Waals surface area contributed by atoms with Crippen molar-refractivity contribution < 1.29 is 4.79 Å². The van der Waals surface area contributed by atoms with Crippen molar-refractivity contribution >= 4 is 35.5 Å². The van der Waals surface area contributed by atoms with E-state index in [0.717, 1.165) is 16.8 Å². The molecule has 0 bridgehead atoms. The van der Waals surface area contributed by atoms with Crippen molar-refractivity contribution in [1.82, 2.24) is 25.2 Å². The number of benzene rings is 2. The topological polar surface area (TPSA) is 85.1 Å². The Bertz CT molecular complexity index is 1180. The summed E-state index contributed by atoms with van der Waals surface area (Å²) in [4.78, 5) is 16.2. The van der Waals surface area contributed by atoms with Gasteiger partial charge in [-0.25, -0.2) is 5.43 Å². The van der Waals surface area contributed by atoms with E-state index >= 15 is 0 Å². The lowest BCUT2D eigenvalue weighted by Crippen LogP contribution is -2.20. The lowest BCUT2D eigenvalue weighted by Gasteiger charge is -2.10. The minimum atomic E-state index is -0.249. The van der Waals surface area contributed by atoms with Crippen LogP contribution in [-0.4, -0.2) is 37.6 Å². The summed E-state index contributed by atoms with van der Waals surface area (Å²) in [5.74, 6) is 0.553. The molecule has 0 saturated carbocycles. The van der Waals surface area contributed by atoms with Crippen molar-refractivity contribution in [2.45, 2.75) is 5.16 Å². The standard InChI is InChI=1S/C22H17ClN6OS/c23-18-10-8-17(9-11-18)21-27-28-22(29(21)19-6-2-1-3-7-19)31-15-20(30)26-25-14-16-5-4-12-24-13-16/h1-14H,15H2,(H,26,30)/b25-14+. The number of pyridine rings is 1. The highest BCUT2D eigenvalue weighted by molar-refractivity contribution is 7.99. The predicted molar refractivity (Wildman–Crippen MR) is 123 cm³/mol. The molecule has 31 heavy (non-hydrogen) atoms. The zero-order valence-corrected chi connectivity index (χ0v) is 17.8. The van der Waals surface area contributed by atoms with Gasteiger partial charge < -0.3 is 0 Å². The van der Waals surface area contributed by atoms with Gasteiger partial charge in [-0.1, -0.05) is 47.6 Å². The van der Waals surface area contributed by atoms with Gasteiger partial charge in [-0.2, -0.15) is 5.10 Å². The van der Waals surface area contributed by atoms with Crippen LogP contribution in [0, 0.1) is 0 Å². The van der Waals surface area contributed by atoms with Crippen LogP contribution in [0.2, 0.25) is 5.02 Å². The molecule has 0 saturated heterocycles. The van der Waals surface area contributed by atoms with E-state index in [1.54, 1.807) is 36.8 Å². The Kier molecular flexibility index (Phi) is 6.71. The normalized spacial score (nSPS) is 11.0. The monoisotopic (exact) mass is 448 g/mol. The number of nitrogens with zero attached hydrogens (tertiary/aromatic N) is 5. The van der Waals surface area contributed by atoms with E-state index < -0.39 is 0 Å². The third-order valence-electron chi connectivity index (χ3n) is 4.17. The first-order chi connectivity index (χ1) is 15.2. The second-order valence-corrected chi connectivity index (χ2v) is 7.73. The predicted octanol–water partition coefficient (Wildman–Crippen LogP) is 4.23. The molecule has 9 heteroatoms. The lowest BCUT2D eigenvalue weighted by atomic mass is 10.2. The number of rotatable bonds is 7. The highest BCUT2D eigenvalue weighted by atomic mass is 35.5. The molecular weight excluding hydrogens is 432 g/mol. The van der Waals surface area contributed by atoms with Gasteiger partial charge in [0.1, 0.15) is 0 Å². The highest BCUT2D eigenvalue weighted by Gasteiger charge is 2.17. The molecule has 0 aliphatic heterocycles. The molecule has 2 aromatic carbocycles. The quantitative estimate of drug-likeness (QED) is 0.260. The Balaban J connectivity index is 1.51. The number of hydrogen-bond donors (Lipinski definition) is 1. The average Bonchev–Trinajstić information content (AvgIpc) is 3.23. The van der Waals surface area contributed by atoms with Gasteiger partial charge >= 0.3 is 0 Å². The summed E-state index contributed by atoms with van der Waals surface area (Å²) in [5.41, 5.74) is 5.08. The largest absolute Gasteiger partial charge is 0.272 e. The summed E-state index contributed by atoms with van der Waals surface area (Å²) in [6.45, 7) is 0. The van der Waals surface area contributed by atoms with E-state index in [4.69, 9.17) is 11.6 Å². The molecule has 154 valence electrons. The van der Waals surface area contributed by atoms with Gasteiger partial charge in [0, 0.05) is 34.2 Å². The molecule has 0 aliphatic carbocycles. The number of hydrazone groups is 1. The molecule has 7 nitrogen and oxygen atoms in total. The Hall–Kier alpha value is -3.49. The summed E-state index contributed by atoms with van der Waals surface area (Å²) in [5, 5.41) is 13.9. The SMILES string of the molecule is O=C(CSc1nnc(-c2ccc(Cl)cc2)n1-c1ccccc1)N/N=C/c1cccnc1. The van der Waals surface area contributed by atoms with Crippen LogP contribution >= 0.6 is 23.4 Å². The molecule has 1 amide bonds. The van der Waals surface area contributed by atoms with E-state index in [1.165, 1.54) is 11.8 Å². The average molecular weight is 449 g/mol. The first-order valence-electron chi connectivity index (χ1n) is 9.32. The van der Waals surface area contributed by atoms with E-state index in [0.29, 0.717) is 16.0 Å². The van der Waals surface area contributed by atoms with Crippen molar-refractivity contribution in [2.24, 2.45) is 5.10 Å². The van der Waals surface area contributed by atoms with Gasteiger partial charge in [-0.05, 0) is 42.5 Å². The van der Waals surface area contributed by atoms with Gasteiger partial charge in [0.2, 0.25) is 0 Å². The molecule has 0 radical (unpaired) electrons. The Morgan fingerprint density at radius 1 is 1.06 bits per heavy atom. The van der Waals surface area contributed by atoms with Crippen molar-refractivity contribution in [1.29, 1.82) is 0 Å². The van der Waals surface area contributed by atoms with E-state index in [-0.39, 0.29) is 11.7 Å². The van der Waals surface area contributed by atoms with Crippen LogP contribution in [0.15, 0.2) is 89.4 Å². The molecule has 4 aromatic rings. The van der Waals surface area contributed by atoms with Crippen LogP contribution in [0.25, 0.3) is 17.1 Å². The van der Waals surface area contributed by atoms with Gasteiger partial charge in [-0.3, -0.25) is 14.3 Å². The molecule has 2 aromatic heterocycles. The fourth-order valence-electron chi connectivity index (χ4n) is 2.75. The summed E-state index contributed by atoms with van der Waals surface area (Å²) in [6, 6.07) is 20.8. The molecule has 0 atom stereocenters. The van der Waals surface area contributed by atoms with Gasteiger partial charge in [0.25, 0.3) is 5.91 Å². The molecule has 2 heterocycles. The Morgan fingerprint density at radius 2 is 1.87 bits per heavy atom. The maximum absolute atomic E-state index is 12.2. The van der Waals surface area contributed by atoms with Gasteiger partial charge in [-0.15, -0.1) is 10.2 Å². The van der Waals surface area contributed by atoms with Crippen molar-refractivity contribution in [3.63, 3.8) is 0 Å². The summed E-state index contributed by atoms with van der Waals surface area (Å²) in [6.07, 6.45) is 4.87. The number of carbonyl (C=O) groups excluding carboxylic acids is 1. The van der Waals surface area contributed by atoms with Crippen LogP contribution in [-0.2, 0) is 4.79 Å². The first-order valence-corrected chi connectivity index (χ1v) is 10.7. The van der Waals surface area contributed by atoms with Crippen LogP contribution in [0.3, 0.4) is 0 Å². The molecular formula is C22H17ClN6OS. The smallest absolute Gasteiger partial charge is 0.250 e. The van der Waals surface area contributed by atoms with Crippen molar-refractivity contribution in [3.05, 3.63) is 89.7 Å². The third-order valence-corrected chi connectivity index (χ3v) is 5.35. The Labute approximate surface area is 188 Å².